The van der Waals surface area contributed by atoms with Crippen molar-refractivity contribution in [1.82, 2.24) is 10.6 Å². The molecule has 1 aliphatic carbocycles. The SMILES string of the molecule is N[C@@H](CC1CCCCC1)C(=O)N[C@H](CCC(=O)O)C(=O)NCC(=O)O. The lowest BCUT2D eigenvalue weighted by Crippen LogP contribution is -2.52. The highest BCUT2D eigenvalue weighted by molar-refractivity contribution is 5.91. The largest absolute Gasteiger partial charge is 0.481 e. The highest BCUT2D eigenvalue weighted by Gasteiger charge is 2.26. The number of amides is 2. The van der Waals surface area contributed by atoms with Crippen LogP contribution >= 0.6 is 0 Å². The maximum atomic E-state index is 12.2. The summed E-state index contributed by atoms with van der Waals surface area (Å²) < 4.78 is 0. The van der Waals surface area contributed by atoms with Crippen LogP contribution in [-0.4, -0.2) is 52.6 Å². The Hall–Kier alpha value is -2.16. The van der Waals surface area contributed by atoms with Gasteiger partial charge >= 0.3 is 11.9 Å². The standard InChI is InChI=1S/C16H27N3O6/c17-11(8-10-4-2-1-3-5-10)15(24)19-12(6-7-13(20)21)16(25)18-9-14(22)23/h10-12H,1-9,17H2,(H,18,25)(H,19,24)(H,20,21)(H,22,23)/t11-,12+/m0/s1. The second-order valence-corrected chi connectivity index (χ2v) is 6.45. The molecule has 9 nitrogen and oxygen atoms in total. The fourth-order valence-corrected chi connectivity index (χ4v) is 2.99. The summed E-state index contributed by atoms with van der Waals surface area (Å²) in [5, 5.41) is 22.0. The van der Waals surface area contributed by atoms with Gasteiger partial charge in [0.15, 0.2) is 0 Å². The van der Waals surface area contributed by atoms with E-state index in [4.69, 9.17) is 15.9 Å². The first-order valence-corrected chi connectivity index (χ1v) is 8.56. The lowest BCUT2D eigenvalue weighted by molar-refractivity contribution is -0.140. The van der Waals surface area contributed by atoms with Gasteiger partial charge in [0.2, 0.25) is 11.8 Å². The van der Waals surface area contributed by atoms with Crippen LogP contribution in [0.3, 0.4) is 0 Å². The van der Waals surface area contributed by atoms with Crippen molar-refractivity contribution in [1.29, 1.82) is 0 Å². The molecule has 0 aliphatic heterocycles. The van der Waals surface area contributed by atoms with Crippen LogP contribution in [0.2, 0.25) is 0 Å². The summed E-state index contributed by atoms with van der Waals surface area (Å²) in [5.74, 6) is -3.22. The van der Waals surface area contributed by atoms with Gasteiger partial charge in [0, 0.05) is 6.42 Å². The van der Waals surface area contributed by atoms with Crippen molar-refractivity contribution < 1.29 is 29.4 Å². The lowest BCUT2D eigenvalue weighted by atomic mass is 9.85. The van der Waals surface area contributed by atoms with Gasteiger partial charge in [-0.3, -0.25) is 19.2 Å². The summed E-state index contributed by atoms with van der Waals surface area (Å²) in [6.07, 6.45) is 5.56. The normalized spacial score (nSPS) is 17.3. The topological polar surface area (TPSA) is 159 Å². The summed E-state index contributed by atoms with van der Waals surface area (Å²) in [6, 6.07) is -1.90. The number of carbonyl (C=O) groups is 4. The van der Waals surface area contributed by atoms with Crippen LogP contribution in [0.4, 0.5) is 0 Å². The summed E-state index contributed by atoms with van der Waals surface area (Å²) in [7, 11) is 0. The maximum absolute atomic E-state index is 12.2. The molecule has 9 heteroatoms. The van der Waals surface area contributed by atoms with E-state index in [1.54, 1.807) is 0 Å². The predicted molar refractivity (Wildman–Crippen MR) is 88.6 cm³/mol. The van der Waals surface area contributed by atoms with Crippen molar-refractivity contribution in [3.63, 3.8) is 0 Å². The minimum absolute atomic E-state index is 0.136. The van der Waals surface area contributed by atoms with Crippen molar-refractivity contribution in [2.75, 3.05) is 6.54 Å². The van der Waals surface area contributed by atoms with Crippen LogP contribution in [0.15, 0.2) is 0 Å². The van der Waals surface area contributed by atoms with E-state index in [-0.39, 0.29) is 12.8 Å². The van der Waals surface area contributed by atoms with Crippen LogP contribution in [0, 0.1) is 5.92 Å². The van der Waals surface area contributed by atoms with Crippen molar-refractivity contribution in [2.24, 2.45) is 11.7 Å². The first-order chi connectivity index (χ1) is 11.8. The molecule has 2 atom stereocenters. The molecule has 0 aromatic rings. The molecule has 142 valence electrons. The number of aliphatic carboxylic acids is 2. The zero-order valence-corrected chi connectivity index (χ0v) is 14.2. The van der Waals surface area contributed by atoms with Gasteiger partial charge in [-0.15, -0.1) is 0 Å². The summed E-state index contributed by atoms with van der Waals surface area (Å²) in [5.41, 5.74) is 5.92. The fourth-order valence-electron chi connectivity index (χ4n) is 2.99. The molecule has 1 aliphatic rings. The Kier molecular flexibility index (Phi) is 8.90. The van der Waals surface area contributed by atoms with E-state index < -0.39 is 42.4 Å². The van der Waals surface area contributed by atoms with Gasteiger partial charge in [-0.2, -0.15) is 0 Å². The Balaban J connectivity index is 2.57. The van der Waals surface area contributed by atoms with Gasteiger partial charge in [-0.25, -0.2) is 0 Å². The van der Waals surface area contributed by atoms with E-state index >= 15 is 0 Å². The van der Waals surface area contributed by atoms with E-state index in [2.05, 4.69) is 10.6 Å². The number of carboxylic acids is 2. The Morgan fingerprint density at radius 1 is 1.00 bits per heavy atom. The molecule has 1 rings (SSSR count). The molecule has 0 spiro atoms. The summed E-state index contributed by atoms with van der Waals surface area (Å²) in [6.45, 7) is -0.605. The van der Waals surface area contributed by atoms with Crippen LogP contribution in [0.1, 0.15) is 51.4 Å². The zero-order valence-electron chi connectivity index (χ0n) is 14.2. The number of carboxylic acid groups (broad SMARTS) is 2. The van der Waals surface area contributed by atoms with Gasteiger partial charge in [0.1, 0.15) is 12.6 Å². The molecule has 1 saturated carbocycles. The smallest absolute Gasteiger partial charge is 0.322 e. The van der Waals surface area contributed by atoms with Crippen LogP contribution in [-0.2, 0) is 19.2 Å². The predicted octanol–water partition coefficient (Wildman–Crippen LogP) is -0.165. The van der Waals surface area contributed by atoms with E-state index in [9.17, 15) is 19.2 Å². The Morgan fingerprint density at radius 3 is 2.20 bits per heavy atom. The maximum Gasteiger partial charge on any atom is 0.322 e. The minimum Gasteiger partial charge on any atom is -0.481 e. The van der Waals surface area contributed by atoms with Gasteiger partial charge in [-0.05, 0) is 18.8 Å². The molecule has 6 N–H and O–H groups in total. The average Bonchev–Trinajstić information content (AvgIpc) is 2.56. The van der Waals surface area contributed by atoms with Crippen molar-refractivity contribution in [3.05, 3.63) is 0 Å². The fraction of sp³-hybridized carbons (Fsp3) is 0.750. The number of nitrogens with one attached hydrogen (secondary N) is 2. The third-order valence-corrected chi connectivity index (χ3v) is 4.34. The zero-order chi connectivity index (χ0) is 18.8. The van der Waals surface area contributed by atoms with Crippen LogP contribution in [0.5, 0.6) is 0 Å². The van der Waals surface area contributed by atoms with Gasteiger partial charge in [0.05, 0.1) is 6.04 Å². The molecule has 0 unspecified atom stereocenters. The summed E-state index contributed by atoms with van der Waals surface area (Å²) in [4.78, 5) is 45.5. The average molecular weight is 357 g/mol. The molecule has 0 bridgehead atoms. The molecule has 0 saturated heterocycles. The molecule has 25 heavy (non-hydrogen) atoms. The molecule has 0 radical (unpaired) electrons. The highest BCUT2D eigenvalue weighted by atomic mass is 16.4. The van der Waals surface area contributed by atoms with Crippen LogP contribution in [0.25, 0.3) is 0 Å². The molecular formula is C16H27N3O6. The number of carbonyl (C=O) groups excluding carboxylic acids is 2. The van der Waals surface area contributed by atoms with Gasteiger partial charge in [-0.1, -0.05) is 32.1 Å². The monoisotopic (exact) mass is 357 g/mol. The lowest BCUT2D eigenvalue weighted by Gasteiger charge is -2.25. The first-order valence-electron chi connectivity index (χ1n) is 8.56. The first kappa shape index (κ1) is 20.9. The molecule has 0 aromatic heterocycles. The Bertz CT molecular complexity index is 490. The Morgan fingerprint density at radius 2 is 1.64 bits per heavy atom. The number of hydrogen-bond donors (Lipinski definition) is 5. The highest BCUT2D eigenvalue weighted by Crippen LogP contribution is 2.26. The molecule has 0 aromatic carbocycles. The number of rotatable bonds is 10. The van der Waals surface area contributed by atoms with E-state index in [1.807, 2.05) is 0 Å². The summed E-state index contributed by atoms with van der Waals surface area (Å²) >= 11 is 0. The van der Waals surface area contributed by atoms with Crippen molar-refractivity contribution in [3.8, 4) is 0 Å². The van der Waals surface area contributed by atoms with Crippen molar-refractivity contribution in [2.45, 2.75) is 63.5 Å². The number of nitrogens with two attached hydrogens (primary N) is 1. The molecule has 2 amide bonds. The van der Waals surface area contributed by atoms with E-state index in [0.717, 1.165) is 25.7 Å². The Labute approximate surface area is 146 Å². The third kappa shape index (κ3) is 8.48. The van der Waals surface area contributed by atoms with E-state index in [0.29, 0.717) is 12.3 Å². The molecular weight excluding hydrogens is 330 g/mol. The second-order valence-electron chi connectivity index (χ2n) is 6.45. The van der Waals surface area contributed by atoms with Crippen molar-refractivity contribution >= 4 is 23.8 Å². The minimum atomic E-state index is -1.23. The second kappa shape index (κ2) is 10.7. The quantitative estimate of drug-likeness (QED) is 0.363. The van der Waals surface area contributed by atoms with Gasteiger partial charge < -0.3 is 26.6 Å². The molecule has 1 fully saturated rings. The number of hydrogen-bond acceptors (Lipinski definition) is 5. The van der Waals surface area contributed by atoms with E-state index in [1.165, 1.54) is 6.42 Å². The van der Waals surface area contributed by atoms with Crippen LogP contribution < -0.4 is 16.4 Å². The molecule has 0 heterocycles. The third-order valence-electron chi connectivity index (χ3n) is 4.34. The van der Waals surface area contributed by atoms with Gasteiger partial charge in [0.25, 0.3) is 0 Å².